The summed E-state index contributed by atoms with van der Waals surface area (Å²) < 4.78 is 0. The third-order valence-electron chi connectivity index (χ3n) is 4.53. The maximum atomic E-state index is 10.0. The molecule has 0 saturated heterocycles. The lowest BCUT2D eigenvalue weighted by molar-refractivity contribution is 0.200. The van der Waals surface area contributed by atoms with Crippen molar-refractivity contribution in [2.45, 2.75) is 13.0 Å². The van der Waals surface area contributed by atoms with E-state index in [1.807, 2.05) is 72.8 Å². The molecule has 0 aliphatic carbocycles. The number of hydrogen-bond acceptors (Lipinski definition) is 2. The number of hydrogen-bond donors (Lipinski definition) is 2. The fourth-order valence-electron chi connectivity index (χ4n) is 3.15. The highest BCUT2D eigenvalue weighted by Gasteiger charge is 2.10. The van der Waals surface area contributed by atoms with Crippen LogP contribution in [0.3, 0.4) is 0 Å². The highest BCUT2D eigenvalue weighted by atomic mass is 35.5. The number of nitrogens with one attached hydrogen (secondary N) is 1. The number of halogens is 1. The lowest BCUT2D eigenvalue weighted by Gasteiger charge is -2.11. The molecule has 0 amide bonds. The van der Waals surface area contributed by atoms with Crippen molar-refractivity contribution in [3.63, 3.8) is 0 Å². The van der Waals surface area contributed by atoms with Crippen LogP contribution in [0.25, 0.3) is 34.3 Å². The van der Waals surface area contributed by atoms with E-state index in [-0.39, 0.29) is 0 Å². The highest BCUT2D eigenvalue weighted by Crippen LogP contribution is 2.30. The van der Waals surface area contributed by atoms with Gasteiger partial charge < -0.3 is 10.1 Å². The average Bonchev–Trinajstić information content (AvgIpc) is 3.09. The zero-order chi connectivity index (χ0) is 18.8. The molecule has 4 heteroatoms. The minimum absolute atomic E-state index is 0.519. The average molecular weight is 375 g/mol. The van der Waals surface area contributed by atoms with Crippen LogP contribution in [0.4, 0.5) is 0 Å². The molecule has 1 unspecified atom stereocenters. The van der Waals surface area contributed by atoms with E-state index in [0.29, 0.717) is 0 Å². The minimum atomic E-state index is -0.519. The molecule has 3 aromatic carbocycles. The Bertz CT molecular complexity index is 1110. The molecule has 0 aliphatic rings. The molecule has 0 saturated carbocycles. The number of H-pyrrole nitrogens is 1. The number of aliphatic hydroxyl groups is 1. The van der Waals surface area contributed by atoms with Gasteiger partial charge in [-0.1, -0.05) is 60.1 Å². The first-order chi connectivity index (χ1) is 13.1. The molecule has 1 aromatic heterocycles. The molecule has 0 fully saturated rings. The van der Waals surface area contributed by atoms with Crippen molar-refractivity contribution in [2.24, 2.45) is 0 Å². The SMILES string of the molecule is CC(O)c1ccccc1-c1ccc2[nH]c(/C=C/c3ccc(Cl)cc3)nc2c1. The van der Waals surface area contributed by atoms with Crippen molar-refractivity contribution < 1.29 is 5.11 Å². The van der Waals surface area contributed by atoms with Gasteiger partial charge in [0.05, 0.1) is 17.1 Å². The van der Waals surface area contributed by atoms with Gasteiger partial charge in [-0.15, -0.1) is 0 Å². The number of imidazole rings is 1. The number of benzene rings is 3. The van der Waals surface area contributed by atoms with Crippen molar-refractivity contribution in [2.75, 3.05) is 0 Å². The van der Waals surface area contributed by atoms with E-state index in [2.05, 4.69) is 16.0 Å². The molecule has 1 heterocycles. The Hall–Kier alpha value is -2.88. The third kappa shape index (κ3) is 3.80. The molecule has 0 aliphatic heterocycles. The Kier molecular flexibility index (Phi) is 4.80. The number of fused-ring (bicyclic) bond motifs is 1. The first kappa shape index (κ1) is 17.5. The molecule has 0 spiro atoms. The molecule has 134 valence electrons. The van der Waals surface area contributed by atoms with Crippen LogP contribution in [0.2, 0.25) is 5.02 Å². The van der Waals surface area contributed by atoms with Crippen molar-refractivity contribution in [1.29, 1.82) is 0 Å². The molecule has 27 heavy (non-hydrogen) atoms. The second kappa shape index (κ2) is 7.39. The zero-order valence-electron chi connectivity index (χ0n) is 14.9. The van der Waals surface area contributed by atoms with Crippen LogP contribution in [-0.4, -0.2) is 15.1 Å². The third-order valence-corrected chi connectivity index (χ3v) is 4.78. The smallest absolute Gasteiger partial charge is 0.131 e. The minimum Gasteiger partial charge on any atom is -0.389 e. The Balaban J connectivity index is 1.67. The van der Waals surface area contributed by atoms with Crippen molar-refractivity contribution in [3.8, 4) is 11.1 Å². The van der Waals surface area contributed by atoms with Gasteiger partial charge in [0.1, 0.15) is 5.82 Å². The van der Waals surface area contributed by atoms with E-state index < -0.39 is 6.10 Å². The fourth-order valence-corrected chi connectivity index (χ4v) is 3.27. The summed E-state index contributed by atoms with van der Waals surface area (Å²) in [5, 5.41) is 10.8. The van der Waals surface area contributed by atoms with Gasteiger partial charge in [0.25, 0.3) is 0 Å². The lowest BCUT2D eigenvalue weighted by atomic mass is 9.96. The van der Waals surface area contributed by atoms with Gasteiger partial charge >= 0.3 is 0 Å². The Labute approximate surface area is 163 Å². The standard InChI is InChI=1S/C23H19ClN2O/c1-15(27)19-4-2-3-5-20(19)17-9-12-21-22(14-17)26-23(25-21)13-8-16-6-10-18(24)11-7-16/h2-15,27H,1H3,(H,25,26)/b13-8+. The van der Waals surface area contributed by atoms with Crippen LogP contribution in [-0.2, 0) is 0 Å². The number of rotatable bonds is 4. The van der Waals surface area contributed by atoms with Crippen LogP contribution >= 0.6 is 11.6 Å². The number of aliphatic hydroxyl groups excluding tert-OH is 1. The molecular formula is C23H19ClN2O. The summed E-state index contributed by atoms with van der Waals surface area (Å²) in [5.41, 5.74) is 5.91. The van der Waals surface area contributed by atoms with E-state index in [4.69, 9.17) is 11.6 Å². The number of nitrogens with zero attached hydrogens (tertiary/aromatic N) is 1. The zero-order valence-corrected chi connectivity index (χ0v) is 15.6. The van der Waals surface area contributed by atoms with Gasteiger partial charge in [-0.05, 0) is 59.5 Å². The molecular weight excluding hydrogens is 356 g/mol. The van der Waals surface area contributed by atoms with Crippen molar-refractivity contribution in [1.82, 2.24) is 9.97 Å². The largest absolute Gasteiger partial charge is 0.389 e. The van der Waals surface area contributed by atoms with Gasteiger partial charge in [-0.2, -0.15) is 0 Å². The predicted molar refractivity (Wildman–Crippen MR) is 113 cm³/mol. The van der Waals surface area contributed by atoms with Gasteiger partial charge in [-0.3, -0.25) is 0 Å². The first-order valence-electron chi connectivity index (χ1n) is 8.81. The molecule has 3 nitrogen and oxygen atoms in total. The summed E-state index contributed by atoms with van der Waals surface area (Å²) in [4.78, 5) is 7.99. The van der Waals surface area contributed by atoms with Crippen LogP contribution in [0, 0.1) is 0 Å². The second-order valence-electron chi connectivity index (χ2n) is 6.50. The molecule has 4 aromatic rings. The quantitative estimate of drug-likeness (QED) is 0.453. The molecule has 2 N–H and O–H groups in total. The van der Waals surface area contributed by atoms with Gasteiger partial charge in [0.15, 0.2) is 0 Å². The van der Waals surface area contributed by atoms with Crippen LogP contribution < -0.4 is 0 Å². The summed E-state index contributed by atoms with van der Waals surface area (Å²) in [6, 6.07) is 21.7. The van der Waals surface area contributed by atoms with Crippen molar-refractivity contribution >= 4 is 34.8 Å². The lowest BCUT2D eigenvalue weighted by Crippen LogP contribution is -1.94. The molecule has 0 bridgehead atoms. The maximum Gasteiger partial charge on any atom is 0.131 e. The summed E-state index contributed by atoms with van der Waals surface area (Å²) in [6.45, 7) is 1.78. The summed E-state index contributed by atoms with van der Waals surface area (Å²) in [6.07, 6.45) is 3.43. The van der Waals surface area contributed by atoms with Gasteiger partial charge in [-0.25, -0.2) is 4.98 Å². The van der Waals surface area contributed by atoms with Crippen LogP contribution in [0.1, 0.15) is 30.0 Å². The Morgan fingerprint density at radius 1 is 1.00 bits per heavy atom. The van der Waals surface area contributed by atoms with E-state index in [0.717, 1.165) is 44.1 Å². The van der Waals surface area contributed by atoms with Crippen molar-refractivity contribution in [3.05, 3.63) is 88.7 Å². The maximum absolute atomic E-state index is 10.0. The fraction of sp³-hybridized carbons (Fsp3) is 0.0870. The summed E-state index contributed by atoms with van der Waals surface area (Å²) in [7, 11) is 0. The van der Waals surface area contributed by atoms with E-state index in [1.165, 1.54) is 0 Å². The predicted octanol–water partition coefficient (Wildman–Crippen LogP) is 6.11. The highest BCUT2D eigenvalue weighted by molar-refractivity contribution is 6.30. The molecule has 4 rings (SSSR count). The van der Waals surface area contributed by atoms with E-state index in [1.54, 1.807) is 6.92 Å². The topological polar surface area (TPSA) is 48.9 Å². The molecule has 0 radical (unpaired) electrons. The van der Waals surface area contributed by atoms with Gasteiger partial charge in [0, 0.05) is 5.02 Å². The van der Waals surface area contributed by atoms with Crippen LogP contribution in [0.15, 0.2) is 66.7 Å². The van der Waals surface area contributed by atoms with Gasteiger partial charge in [0.2, 0.25) is 0 Å². The van der Waals surface area contributed by atoms with E-state index >= 15 is 0 Å². The van der Waals surface area contributed by atoms with Crippen LogP contribution in [0.5, 0.6) is 0 Å². The summed E-state index contributed by atoms with van der Waals surface area (Å²) >= 11 is 5.92. The summed E-state index contributed by atoms with van der Waals surface area (Å²) in [5.74, 6) is 0.793. The number of aromatic amines is 1. The van der Waals surface area contributed by atoms with E-state index in [9.17, 15) is 5.11 Å². The molecule has 1 atom stereocenters. The second-order valence-corrected chi connectivity index (χ2v) is 6.94. The first-order valence-corrected chi connectivity index (χ1v) is 9.19. The number of aromatic nitrogens is 2. The monoisotopic (exact) mass is 374 g/mol. The normalized spacial score (nSPS) is 12.7. The Morgan fingerprint density at radius 2 is 1.78 bits per heavy atom. The Morgan fingerprint density at radius 3 is 2.56 bits per heavy atom.